The zero-order chi connectivity index (χ0) is 14.5. The van der Waals surface area contributed by atoms with E-state index < -0.39 is 0 Å². The number of nitrogens with zero attached hydrogens (tertiary/aromatic N) is 2. The van der Waals surface area contributed by atoms with Crippen LogP contribution in [0.3, 0.4) is 0 Å². The summed E-state index contributed by atoms with van der Waals surface area (Å²) in [6.45, 7) is 4.12. The quantitative estimate of drug-likeness (QED) is 0.851. The van der Waals surface area contributed by atoms with Crippen LogP contribution in [-0.2, 0) is 9.53 Å². The molecule has 0 unspecified atom stereocenters. The van der Waals surface area contributed by atoms with E-state index in [2.05, 4.69) is 15.4 Å². The predicted octanol–water partition coefficient (Wildman–Crippen LogP) is 1.89. The zero-order valence-corrected chi connectivity index (χ0v) is 11.5. The molecule has 1 N–H and O–H groups in total. The van der Waals surface area contributed by atoms with Crippen molar-refractivity contribution in [2.24, 2.45) is 5.18 Å². The van der Waals surface area contributed by atoms with Gasteiger partial charge in [-0.2, -0.15) is 0 Å². The number of benzene rings is 1. The van der Waals surface area contributed by atoms with Gasteiger partial charge in [-0.15, -0.1) is 4.91 Å². The van der Waals surface area contributed by atoms with Crippen molar-refractivity contribution in [1.82, 2.24) is 0 Å². The molecular weight excluding hydrogens is 262 g/mol. The molecule has 0 bridgehead atoms. The number of morpholine rings is 1. The summed E-state index contributed by atoms with van der Waals surface area (Å²) in [5.74, 6) is 0.131. The maximum absolute atomic E-state index is 11.2. The summed E-state index contributed by atoms with van der Waals surface area (Å²) < 4.78 is 10.5. The molecule has 0 atom stereocenters. The molecular formula is C13H17N3O4. The van der Waals surface area contributed by atoms with Crippen molar-refractivity contribution in [2.75, 3.05) is 43.6 Å². The first-order chi connectivity index (χ1) is 9.65. The lowest BCUT2D eigenvalue weighted by molar-refractivity contribution is -0.114. The molecule has 0 spiro atoms. The van der Waals surface area contributed by atoms with E-state index in [0.29, 0.717) is 24.7 Å². The largest absolute Gasteiger partial charge is 0.494 e. The van der Waals surface area contributed by atoms with E-state index in [1.165, 1.54) is 14.0 Å². The molecule has 1 aromatic carbocycles. The van der Waals surface area contributed by atoms with Crippen molar-refractivity contribution in [3.05, 3.63) is 17.0 Å². The average Bonchev–Trinajstić information content (AvgIpc) is 2.47. The Morgan fingerprint density at radius 3 is 2.65 bits per heavy atom. The topological polar surface area (TPSA) is 80.2 Å². The highest BCUT2D eigenvalue weighted by atomic mass is 16.5. The Kier molecular flexibility index (Phi) is 4.52. The van der Waals surface area contributed by atoms with E-state index in [4.69, 9.17) is 9.47 Å². The molecule has 108 valence electrons. The number of hydrogen-bond donors (Lipinski definition) is 1. The van der Waals surface area contributed by atoms with E-state index in [9.17, 15) is 9.70 Å². The van der Waals surface area contributed by atoms with Gasteiger partial charge in [0.2, 0.25) is 5.91 Å². The van der Waals surface area contributed by atoms with Crippen LogP contribution in [0, 0.1) is 4.91 Å². The summed E-state index contributed by atoms with van der Waals surface area (Å²) in [6.07, 6.45) is 0. The number of nitrogens with one attached hydrogen (secondary N) is 1. The molecule has 7 heteroatoms. The highest BCUT2D eigenvalue weighted by Crippen LogP contribution is 2.39. The van der Waals surface area contributed by atoms with Gasteiger partial charge >= 0.3 is 0 Å². The standard InChI is InChI=1S/C13H17N3O4/c1-9(17)14-13-11(15-18)7-10(8-12(13)19-2)16-3-5-20-6-4-16/h7-8H,3-6H2,1-2H3,(H,14,17). The number of amides is 1. The van der Waals surface area contributed by atoms with Gasteiger partial charge in [-0.1, -0.05) is 0 Å². The summed E-state index contributed by atoms with van der Waals surface area (Å²) in [5, 5.41) is 5.56. The van der Waals surface area contributed by atoms with Crippen molar-refractivity contribution >= 4 is 23.0 Å². The molecule has 0 saturated carbocycles. The lowest BCUT2D eigenvalue weighted by Crippen LogP contribution is -2.36. The Balaban J connectivity index is 2.40. The first kappa shape index (κ1) is 14.3. The van der Waals surface area contributed by atoms with E-state index in [1.807, 2.05) is 0 Å². The van der Waals surface area contributed by atoms with Crippen LogP contribution >= 0.6 is 0 Å². The highest BCUT2D eigenvalue weighted by Gasteiger charge is 2.18. The van der Waals surface area contributed by atoms with Gasteiger partial charge in [0.05, 0.1) is 20.3 Å². The molecule has 1 fully saturated rings. The lowest BCUT2D eigenvalue weighted by Gasteiger charge is -2.29. The maximum atomic E-state index is 11.2. The van der Waals surface area contributed by atoms with Crippen LogP contribution in [0.25, 0.3) is 0 Å². The second-order valence-electron chi connectivity index (χ2n) is 4.41. The summed E-state index contributed by atoms with van der Waals surface area (Å²) in [4.78, 5) is 24.3. The normalized spacial score (nSPS) is 14.8. The lowest BCUT2D eigenvalue weighted by atomic mass is 10.2. The SMILES string of the molecule is COc1cc(N2CCOCC2)cc(N=O)c1NC(C)=O. The Bertz CT molecular complexity index is 513. The Hall–Kier alpha value is -2.15. The number of nitroso groups, excluding NO2 is 1. The first-order valence-corrected chi connectivity index (χ1v) is 6.31. The molecule has 1 saturated heterocycles. The fourth-order valence-electron chi connectivity index (χ4n) is 2.13. The van der Waals surface area contributed by atoms with E-state index in [1.54, 1.807) is 12.1 Å². The number of methoxy groups -OCH3 is 1. The second kappa shape index (κ2) is 6.33. The van der Waals surface area contributed by atoms with Crippen molar-refractivity contribution in [3.63, 3.8) is 0 Å². The van der Waals surface area contributed by atoms with Crippen LogP contribution in [0.15, 0.2) is 17.3 Å². The predicted molar refractivity (Wildman–Crippen MR) is 75.8 cm³/mol. The number of carbonyl (C=O) groups is 1. The van der Waals surface area contributed by atoms with E-state index in [-0.39, 0.29) is 11.6 Å². The molecule has 0 radical (unpaired) electrons. The van der Waals surface area contributed by atoms with Gasteiger partial charge in [0.25, 0.3) is 0 Å². The van der Waals surface area contributed by atoms with Gasteiger partial charge in [-0.05, 0) is 11.2 Å². The summed E-state index contributed by atoms with van der Waals surface area (Å²) >= 11 is 0. The number of hydrogen-bond acceptors (Lipinski definition) is 6. The average molecular weight is 279 g/mol. The summed E-state index contributed by atoms with van der Waals surface area (Å²) in [6, 6.07) is 3.43. The van der Waals surface area contributed by atoms with Crippen molar-refractivity contribution in [3.8, 4) is 5.75 Å². The van der Waals surface area contributed by atoms with Gasteiger partial charge in [-0.25, -0.2) is 0 Å². The highest BCUT2D eigenvalue weighted by molar-refractivity contribution is 5.95. The molecule has 0 aromatic heterocycles. The van der Waals surface area contributed by atoms with Crippen molar-refractivity contribution in [1.29, 1.82) is 0 Å². The Morgan fingerprint density at radius 2 is 2.10 bits per heavy atom. The van der Waals surface area contributed by atoms with Crippen LogP contribution in [0.5, 0.6) is 5.75 Å². The Morgan fingerprint density at radius 1 is 1.40 bits per heavy atom. The summed E-state index contributed by atoms with van der Waals surface area (Å²) in [7, 11) is 1.48. The van der Waals surface area contributed by atoms with Gasteiger partial charge in [-0.3, -0.25) is 4.79 Å². The number of carbonyl (C=O) groups excluding carboxylic acids is 1. The number of anilines is 2. The molecule has 20 heavy (non-hydrogen) atoms. The fourth-order valence-corrected chi connectivity index (χ4v) is 2.13. The third-order valence-electron chi connectivity index (χ3n) is 3.06. The molecule has 2 rings (SSSR count). The number of rotatable bonds is 4. The first-order valence-electron chi connectivity index (χ1n) is 6.31. The maximum Gasteiger partial charge on any atom is 0.221 e. The monoisotopic (exact) mass is 279 g/mol. The molecule has 1 amide bonds. The van der Waals surface area contributed by atoms with Crippen LogP contribution < -0.4 is 15.0 Å². The Labute approximate surface area is 116 Å². The third kappa shape index (κ3) is 3.05. The van der Waals surface area contributed by atoms with E-state index >= 15 is 0 Å². The minimum atomic E-state index is -0.285. The van der Waals surface area contributed by atoms with Crippen LogP contribution in [0.4, 0.5) is 17.1 Å². The van der Waals surface area contributed by atoms with Crippen molar-refractivity contribution in [2.45, 2.75) is 6.92 Å². The van der Waals surface area contributed by atoms with Gasteiger partial charge in [0.1, 0.15) is 17.1 Å². The minimum Gasteiger partial charge on any atom is -0.494 e. The van der Waals surface area contributed by atoms with Crippen LogP contribution in [0.1, 0.15) is 6.92 Å². The fraction of sp³-hybridized carbons (Fsp3) is 0.462. The van der Waals surface area contributed by atoms with Crippen molar-refractivity contribution < 1.29 is 14.3 Å². The second-order valence-corrected chi connectivity index (χ2v) is 4.41. The number of ether oxygens (including phenoxy) is 2. The molecule has 1 aliphatic heterocycles. The minimum absolute atomic E-state index is 0.154. The van der Waals surface area contributed by atoms with E-state index in [0.717, 1.165) is 18.8 Å². The zero-order valence-electron chi connectivity index (χ0n) is 11.5. The molecule has 0 aliphatic carbocycles. The van der Waals surface area contributed by atoms with Gasteiger partial charge in [0.15, 0.2) is 0 Å². The summed E-state index contributed by atoms with van der Waals surface area (Å²) in [5.41, 5.74) is 1.28. The van der Waals surface area contributed by atoms with Gasteiger partial charge in [0, 0.05) is 31.8 Å². The molecule has 7 nitrogen and oxygen atoms in total. The molecule has 1 heterocycles. The van der Waals surface area contributed by atoms with Gasteiger partial charge < -0.3 is 19.7 Å². The molecule has 1 aromatic rings. The third-order valence-corrected chi connectivity index (χ3v) is 3.06. The smallest absolute Gasteiger partial charge is 0.221 e. The van der Waals surface area contributed by atoms with Crippen LogP contribution in [-0.4, -0.2) is 39.3 Å². The molecule has 1 aliphatic rings. The van der Waals surface area contributed by atoms with Crippen LogP contribution in [0.2, 0.25) is 0 Å².